The summed E-state index contributed by atoms with van der Waals surface area (Å²) in [5.74, 6) is 0.540. The normalized spacial score (nSPS) is 20.5. The van der Waals surface area contributed by atoms with Gasteiger partial charge in [-0.1, -0.05) is 11.3 Å². The van der Waals surface area contributed by atoms with E-state index in [2.05, 4.69) is 53.9 Å². The Hall–Kier alpha value is -2.73. The van der Waals surface area contributed by atoms with E-state index in [-0.39, 0.29) is 6.10 Å². The fourth-order valence-corrected chi connectivity index (χ4v) is 6.21. The summed E-state index contributed by atoms with van der Waals surface area (Å²) in [6, 6.07) is 2.93. The number of hydrogen-bond acceptors (Lipinski definition) is 11. The summed E-state index contributed by atoms with van der Waals surface area (Å²) in [5.41, 5.74) is 2.33. The van der Waals surface area contributed by atoms with E-state index in [1.807, 2.05) is 24.7 Å². The first-order chi connectivity index (χ1) is 18.5. The zero-order chi connectivity index (χ0) is 26.0. The molecule has 3 fully saturated rings. The molecule has 3 aliphatic rings. The van der Waals surface area contributed by atoms with Crippen molar-refractivity contribution >= 4 is 22.4 Å². The number of aromatic nitrogens is 5. The summed E-state index contributed by atoms with van der Waals surface area (Å²) in [6.45, 7) is 11.6. The molecule has 0 aromatic carbocycles. The number of thiazole rings is 1. The number of rotatable bonds is 8. The van der Waals surface area contributed by atoms with E-state index >= 15 is 0 Å². The molecular weight excluding hydrogens is 500 g/mol. The number of nitrogens with zero attached hydrogens (tertiary/aromatic N) is 7. The third-order valence-electron chi connectivity index (χ3n) is 7.94. The van der Waals surface area contributed by atoms with Crippen LogP contribution >= 0.6 is 11.3 Å². The number of anilines is 2. The second-order valence-corrected chi connectivity index (χ2v) is 12.0. The average Bonchev–Trinajstić information content (AvgIpc) is 3.38. The third-order valence-corrected chi connectivity index (χ3v) is 8.88. The summed E-state index contributed by atoms with van der Waals surface area (Å²) in [7, 11) is 0. The first-order valence-corrected chi connectivity index (χ1v) is 14.4. The minimum atomic E-state index is 0.167. The molecule has 1 spiro atoms. The van der Waals surface area contributed by atoms with Gasteiger partial charge in [0, 0.05) is 74.5 Å². The fraction of sp³-hybridized carbons (Fsp3) is 0.593. The standard InChI is InChI=1S/C27H36N8O2S/c1-19(2)35-11-9-34(10-12-35)16-20-13-29-24(30-14-20)33-26-31-15-23(38-26)22-5-8-28-25(32-22)37-21-3-6-27(7-4-21)17-36-18-27/h5,8,13-15,19,21H,3-4,6-7,9-12,16-18H2,1-2H3,(H,29,30,31,33). The third kappa shape index (κ3) is 5.96. The molecule has 3 aromatic heterocycles. The molecule has 0 bridgehead atoms. The molecule has 3 aromatic rings. The monoisotopic (exact) mass is 536 g/mol. The van der Waals surface area contributed by atoms with Crippen molar-refractivity contribution in [2.24, 2.45) is 5.41 Å². The van der Waals surface area contributed by atoms with Crippen LogP contribution in [0, 0.1) is 5.41 Å². The highest BCUT2D eigenvalue weighted by molar-refractivity contribution is 7.18. The Balaban J connectivity index is 1.01. The minimum Gasteiger partial charge on any atom is -0.460 e. The molecule has 1 saturated carbocycles. The topological polar surface area (TPSA) is 101 Å². The second kappa shape index (κ2) is 11.2. The summed E-state index contributed by atoms with van der Waals surface area (Å²) in [4.78, 5) is 28.5. The Kier molecular flexibility index (Phi) is 7.51. The molecule has 202 valence electrons. The molecule has 38 heavy (non-hydrogen) atoms. The van der Waals surface area contributed by atoms with E-state index in [0.29, 0.717) is 23.4 Å². The highest BCUT2D eigenvalue weighted by atomic mass is 32.1. The molecule has 1 aliphatic carbocycles. The van der Waals surface area contributed by atoms with Gasteiger partial charge in [0.1, 0.15) is 6.10 Å². The molecule has 11 heteroatoms. The van der Waals surface area contributed by atoms with E-state index < -0.39 is 0 Å². The van der Waals surface area contributed by atoms with Crippen molar-refractivity contribution < 1.29 is 9.47 Å². The van der Waals surface area contributed by atoms with E-state index in [1.54, 1.807) is 6.20 Å². The maximum absolute atomic E-state index is 6.14. The molecule has 6 rings (SSSR count). The van der Waals surface area contributed by atoms with Crippen molar-refractivity contribution in [2.75, 3.05) is 44.7 Å². The number of hydrogen-bond donors (Lipinski definition) is 1. The number of piperazine rings is 1. The van der Waals surface area contributed by atoms with Crippen molar-refractivity contribution in [2.45, 2.75) is 58.2 Å². The van der Waals surface area contributed by atoms with Crippen molar-refractivity contribution in [3.05, 3.63) is 36.4 Å². The zero-order valence-corrected chi connectivity index (χ0v) is 23.0. The second-order valence-electron chi connectivity index (χ2n) is 11.0. The molecule has 5 heterocycles. The molecule has 10 nitrogen and oxygen atoms in total. The largest absolute Gasteiger partial charge is 0.460 e. The fourth-order valence-electron chi connectivity index (χ4n) is 5.43. The lowest BCUT2D eigenvalue weighted by atomic mass is 9.72. The first kappa shape index (κ1) is 25.5. The van der Waals surface area contributed by atoms with Gasteiger partial charge in [0.25, 0.3) is 0 Å². The Morgan fingerprint density at radius 1 is 1.05 bits per heavy atom. The van der Waals surface area contributed by atoms with E-state index in [1.165, 1.54) is 11.3 Å². The summed E-state index contributed by atoms with van der Waals surface area (Å²) >= 11 is 1.51. The molecule has 0 atom stereocenters. The Morgan fingerprint density at radius 3 is 2.50 bits per heavy atom. The van der Waals surface area contributed by atoms with Crippen LogP contribution in [0.25, 0.3) is 10.6 Å². The molecule has 0 unspecified atom stereocenters. The highest BCUT2D eigenvalue weighted by Gasteiger charge is 2.42. The van der Waals surface area contributed by atoms with Crippen LogP contribution in [0.5, 0.6) is 6.01 Å². The zero-order valence-electron chi connectivity index (χ0n) is 22.2. The van der Waals surface area contributed by atoms with Crippen LogP contribution in [-0.2, 0) is 11.3 Å². The van der Waals surface area contributed by atoms with Gasteiger partial charge >= 0.3 is 6.01 Å². The van der Waals surface area contributed by atoms with E-state index in [4.69, 9.17) is 9.47 Å². The van der Waals surface area contributed by atoms with Gasteiger partial charge in [-0.3, -0.25) is 9.80 Å². The van der Waals surface area contributed by atoms with Crippen LogP contribution < -0.4 is 10.1 Å². The van der Waals surface area contributed by atoms with Crippen LogP contribution in [0.2, 0.25) is 0 Å². The molecule has 2 saturated heterocycles. The molecule has 1 N–H and O–H groups in total. The van der Waals surface area contributed by atoms with E-state index in [9.17, 15) is 0 Å². The predicted molar refractivity (Wildman–Crippen MR) is 147 cm³/mol. The Bertz CT molecular complexity index is 1200. The van der Waals surface area contributed by atoms with Crippen LogP contribution in [0.1, 0.15) is 45.1 Å². The highest BCUT2D eigenvalue weighted by Crippen LogP contribution is 2.43. The number of nitrogens with one attached hydrogen (secondary N) is 1. The smallest absolute Gasteiger partial charge is 0.317 e. The van der Waals surface area contributed by atoms with Crippen molar-refractivity contribution in [1.29, 1.82) is 0 Å². The molecule has 0 radical (unpaired) electrons. The molecule has 0 amide bonds. The minimum absolute atomic E-state index is 0.167. The van der Waals surface area contributed by atoms with Gasteiger partial charge < -0.3 is 14.8 Å². The lowest BCUT2D eigenvalue weighted by Crippen LogP contribution is -2.48. The summed E-state index contributed by atoms with van der Waals surface area (Å²) in [5, 5.41) is 3.94. The quantitative estimate of drug-likeness (QED) is 0.455. The maximum atomic E-state index is 6.14. The predicted octanol–water partition coefficient (Wildman–Crippen LogP) is 4.00. The Labute approximate surface area is 227 Å². The summed E-state index contributed by atoms with van der Waals surface area (Å²) < 4.78 is 11.6. The van der Waals surface area contributed by atoms with Crippen molar-refractivity contribution in [3.8, 4) is 16.6 Å². The van der Waals surface area contributed by atoms with Gasteiger partial charge in [-0.2, -0.15) is 4.98 Å². The lowest BCUT2D eigenvalue weighted by molar-refractivity contribution is -0.140. The first-order valence-electron chi connectivity index (χ1n) is 13.6. The SMILES string of the molecule is CC(C)N1CCN(Cc2cnc(Nc3ncc(-c4ccnc(OC5CCC6(CC5)COC6)n4)s3)nc2)CC1. The van der Waals surface area contributed by atoms with E-state index in [0.717, 1.165) is 92.9 Å². The average molecular weight is 537 g/mol. The van der Waals surface area contributed by atoms with Gasteiger partial charge in [-0.15, -0.1) is 0 Å². The maximum Gasteiger partial charge on any atom is 0.317 e. The van der Waals surface area contributed by atoms with Crippen LogP contribution in [0.4, 0.5) is 11.1 Å². The summed E-state index contributed by atoms with van der Waals surface area (Å²) in [6.07, 6.45) is 11.9. The van der Waals surface area contributed by atoms with Gasteiger partial charge in [-0.05, 0) is 45.6 Å². The lowest BCUT2D eigenvalue weighted by Gasteiger charge is -2.45. The van der Waals surface area contributed by atoms with Crippen LogP contribution in [0.15, 0.2) is 30.9 Å². The van der Waals surface area contributed by atoms with Crippen LogP contribution in [0.3, 0.4) is 0 Å². The van der Waals surface area contributed by atoms with Gasteiger partial charge in [0.05, 0.1) is 23.8 Å². The Morgan fingerprint density at radius 2 is 1.82 bits per heavy atom. The van der Waals surface area contributed by atoms with Crippen molar-refractivity contribution in [3.63, 3.8) is 0 Å². The molecular formula is C27H36N8O2S. The van der Waals surface area contributed by atoms with Gasteiger partial charge in [0.15, 0.2) is 5.13 Å². The van der Waals surface area contributed by atoms with Crippen molar-refractivity contribution in [1.82, 2.24) is 34.7 Å². The van der Waals surface area contributed by atoms with Gasteiger partial charge in [0.2, 0.25) is 5.95 Å². The molecule has 2 aliphatic heterocycles. The van der Waals surface area contributed by atoms with Crippen LogP contribution in [-0.4, -0.2) is 86.3 Å². The number of ether oxygens (including phenoxy) is 2. The van der Waals surface area contributed by atoms with Gasteiger partial charge in [-0.25, -0.2) is 19.9 Å².